The van der Waals surface area contributed by atoms with Gasteiger partial charge in [-0.3, -0.25) is 9.59 Å². The fraction of sp³-hybridized carbons (Fsp3) is 0.471. The van der Waals surface area contributed by atoms with Crippen molar-refractivity contribution in [3.05, 3.63) is 35.5 Å². The first-order valence-corrected chi connectivity index (χ1v) is 8.45. The quantitative estimate of drug-likeness (QED) is 0.645. The van der Waals surface area contributed by atoms with E-state index in [2.05, 4.69) is 10.3 Å². The molecule has 0 aromatic carbocycles. The maximum absolute atomic E-state index is 12.7. The molecular formula is C17H20ClN3O3. The topological polar surface area (TPSA) is 82.5 Å². The van der Waals surface area contributed by atoms with Gasteiger partial charge in [-0.25, -0.2) is 4.98 Å². The van der Waals surface area contributed by atoms with E-state index in [1.165, 1.54) is 0 Å². The Morgan fingerprint density at radius 3 is 2.54 bits per heavy atom. The molecule has 1 saturated heterocycles. The van der Waals surface area contributed by atoms with Crippen LogP contribution in [0.3, 0.4) is 0 Å². The van der Waals surface area contributed by atoms with E-state index in [9.17, 15) is 14.7 Å². The van der Waals surface area contributed by atoms with E-state index in [4.69, 9.17) is 11.6 Å². The highest BCUT2D eigenvalue weighted by atomic mass is 35.5. The van der Waals surface area contributed by atoms with Crippen molar-refractivity contribution in [2.45, 2.75) is 31.7 Å². The molecule has 1 amide bonds. The number of aromatic nitrogens is 1. The molecule has 2 heterocycles. The average molecular weight is 350 g/mol. The van der Waals surface area contributed by atoms with Gasteiger partial charge in [0.2, 0.25) is 5.91 Å². The maximum Gasteiger partial charge on any atom is 0.319 e. The zero-order valence-electron chi connectivity index (χ0n) is 13.2. The molecule has 2 aliphatic rings. The molecule has 2 N–H and O–H groups in total. The lowest BCUT2D eigenvalue weighted by molar-refractivity contribution is -0.160. The molecule has 0 saturated carbocycles. The van der Waals surface area contributed by atoms with Crippen LogP contribution in [-0.2, 0) is 9.59 Å². The number of carbonyl (C=O) groups excluding carboxylic acids is 1. The number of hydrogen-bond acceptors (Lipinski definition) is 4. The molecule has 1 fully saturated rings. The third kappa shape index (κ3) is 3.11. The number of carboxylic acids is 1. The number of rotatable bonds is 4. The van der Waals surface area contributed by atoms with Gasteiger partial charge >= 0.3 is 5.97 Å². The lowest BCUT2D eigenvalue weighted by Crippen LogP contribution is -2.51. The van der Waals surface area contributed by atoms with Gasteiger partial charge in [0, 0.05) is 25.3 Å². The molecule has 0 unspecified atom stereocenters. The smallest absolute Gasteiger partial charge is 0.319 e. The summed E-state index contributed by atoms with van der Waals surface area (Å²) in [6, 6.07) is 3.72. The number of hydrogen-bond donors (Lipinski definition) is 2. The molecule has 1 aromatic rings. The predicted octanol–water partition coefficient (Wildman–Crippen LogP) is 2.56. The van der Waals surface area contributed by atoms with Crippen molar-refractivity contribution in [2.24, 2.45) is 5.41 Å². The first-order valence-electron chi connectivity index (χ1n) is 8.08. The van der Waals surface area contributed by atoms with Crippen molar-refractivity contribution >= 4 is 29.3 Å². The number of nitrogens with one attached hydrogen (secondary N) is 1. The minimum atomic E-state index is -1.30. The lowest BCUT2D eigenvalue weighted by Gasteiger charge is -2.37. The molecule has 0 atom stereocenters. The van der Waals surface area contributed by atoms with Gasteiger partial charge in [0.1, 0.15) is 5.82 Å². The Labute approximate surface area is 145 Å². The summed E-state index contributed by atoms with van der Waals surface area (Å²) >= 11 is 6.10. The van der Waals surface area contributed by atoms with Gasteiger partial charge in [-0.1, -0.05) is 23.8 Å². The molecule has 0 bridgehead atoms. The lowest BCUT2D eigenvalue weighted by atomic mass is 9.83. The second-order valence-corrected chi connectivity index (χ2v) is 6.72. The van der Waals surface area contributed by atoms with Crippen LogP contribution in [0.4, 0.5) is 5.82 Å². The van der Waals surface area contributed by atoms with Gasteiger partial charge in [-0.2, -0.15) is 0 Å². The summed E-state index contributed by atoms with van der Waals surface area (Å²) in [7, 11) is 0. The Kier molecular flexibility index (Phi) is 4.76. The Morgan fingerprint density at radius 1 is 1.29 bits per heavy atom. The molecule has 0 spiro atoms. The number of piperidine rings is 1. The van der Waals surface area contributed by atoms with Crippen LogP contribution in [0, 0.1) is 5.41 Å². The third-order valence-electron chi connectivity index (χ3n) is 4.80. The molecule has 3 rings (SSSR count). The van der Waals surface area contributed by atoms with Crippen LogP contribution in [0.15, 0.2) is 30.5 Å². The number of nitrogens with zero attached hydrogens (tertiary/aromatic N) is 2. The summed E-state index contributed by atoms with van der Waals surface area (Å²) in [6.07, 6.45) is 7.28. The molecule has 24 heavy (non-hydrogen) atoms. The Hall–Kier alpha value is -2.08. The highest BCUT2D eigenvalue weighted by Gasteiger charge is 2.48. The summed E-state index contributed by atoms with van der Waals surface area (Å²) in [5, 5.41) is 13.4. The predicted molar refractivity (Wildman–Crippen MR) is 90.9 cm³/mol. The fourth-order valence-corrected chi connectivity index (χ4v) is 3.48. The molecule has 7 heteroatoms. The minimum Gasteiger partial charge on any atom is -0.480 e. The van der Waals surface area contributed by atoms with E-state index in [0.717, 1.165) is 12.8 Å². The summed E-state index contributed by atoms with van der Waals surface area (Å²) in [4.78, 5) is 30.3. The number of carbonyl (C=O) groups is 2. The number of carboxylic acid groups (broad SMARTS) is 1. The zero-order valence-corrected chi connectivity index (χ0v) is 14.0. The highest BCUT2D eigenvalue weighted by molar-refractivity contribution is 6.32. The number of pyridine rings is 1. The summed E-state index contributed by atoms with van der Waals surface area (Å²) in [5.74, 6) is -0.654. The van der Waals surface area contributed by atoms with Gasteiger partial charge in [0.25, 0.3) is 0 Å². The van der Waals surface area contributed by atoms with Crippen LogP contribution in [-0.4, -0.2) is 46.0 Å². The van der Waals surface area contributed by atoms with Crippen LogP contribution in [0.5, 0.6) is 0 Å². The molecule has 128 valence electrons. The average Bonchev–Trinajstić information content (AvgIpc) is 3.08. The van der Waals surface area contributed by atoms with E-state index < -0.39 is 11.4 Å². The monoisotopic (exact) mass is 349 g/mol. The van der Waals surface area contributed by atoms with Crippen LogP contribution in [0.25, 0.3) is 0 Å². The van der Waals surface area contributed by atoms with Crippen molar-refractivity contribution in [1.29, 1.82) is 0 Å². The van der Waals surface area contributed by atoms with E-state index in [1.54, 1.807) is 35.4 Å². The minimum absolute atomic E-state index is 0.170. The first kappa shape index (κ1) is 16.8. The van der Waals surface area contributed by atoms with E-state index in [1.807, 2.05) is 0 Å². The standard InChI is InChI=1S/C17H20ClN3O3/c18-13-4-3-9-19-14(13)20-12-5-10-21(11-6-12)15(22)17(16(23)24)7-1-2-8-17/h1-4,9,12H,5-8,10-11H2,(H,19,20)(H,23,24). The van der Waals surface area contributed by atoms with Crippen molar-refractivity contribution < 1.29 is 14.7 Å². The van der Waals surface area contributed by atoms with E-state index in [-0.39, 0.29) is 24.8 Å². The molecular weight excluding hydrogens is 330 g/mol. The number of halogens is 1. The SMILES string of the molecule is O=C(O)C1(C(=O)N2CCC(Nc3ncccc3Cl)CC2)CC=CC1. The second kappa shape index (κ2) is 6.81. The summed E-state index contributed by atoms with van der Waals surface area (Å²) < 4.78 is 0. The van der Waals surface area contributed by atoms with Gasteiger partial charge in [-0.15, -0.1) is 0 Å². The van der Waals surface area contributed by atoms with Crippen LogP contribution >= 0.6 is 11.6 Å². The zero-order chi connectivity index (χ0) is 17.2. The van der Waals surface area contributed by atoms with Crippen molar-refractivity contribution in [3.63, 3.8) is 0 Å². The van der Waals surface area contributed by atoms with Crippen molar-refractivity contribution in [1.82, 2.24) is 9.88 Å². The number of allylic oxidation sites excluding steroid dienone is 2. The largest absolute Gasteiger partial charge is 0.480 e. The molecule has 0 radical (unpaired) electrons. The molecule has 1 aliphatic carbocycles. The van der Waals surface area contributed by atoms with Crippen molar-refractivity contribution in [3.8, 4) is 0 Å². The van der Waals surface area contributed by atoms with Crippen LogP contribution < -0.4 is 5.32 Å². The number of anilines is 1. The highest BCUT2D eigenvalue weighted by Crippen LogP contribution is 2.36. The van der Waals surface area contributed by atoms with Gasteiger partial charge < -0.3 is 15.3 Å². The van der Waals surface area contributed by atoms with E-state index in [0.29, 0.717) is 23.9 Å². The molecule has 1 aliphatic heterocycles. The van der Waals surface area contributed by atoms with Crippen LogP contribution in [0.2, 0.25) is 5.02 Å². The molecule has 6 nitrogen and oxygen atoms in total. The van der Waals surface area contributed by atoms with Crippen LogP contribution in [0.1, 0.15) is 25.7 Å². The summed E-state index contributed by atoms with van der Waals surface area (Å²) in [6.45, 7) is 1.08. The van der Waals surface area contributed by atoms with Gasteiger partial charge in [0.15, 0.2) is 5.41 Å². The normalized spacial score (nSPS) is 20.1. The van der Waals surface area contributed by atoms with E-state index >= 15 is 0 Å². The summed E-state index contributed by atoms with van der Waals surface area (Å²) in [5.41, 5.74) is -1.30. The second-order valence-electron chi connectivity index (χ2n) is 6.31. The fourth-order valence-electron chi connectivity index (χ4n) is 3.31. The number of amides is 1. The van der Waals surface area contributed by atoms with Gasteiger partial charge in [-0.05, 0) is 37.8 Å². The first-order chi connectivity index (χ1) is 11.5. The maximum atomic E-state index is 12.7. The van der Waals surface area contributed by atoms with Gasteiger partial charge in [0.05, 0.1) is 5.02 Å². The third-order valence-corrected chi connectivity index (χ3v) is 5.10. The number of aliphatic carboxylic acids is 1. The molecule has 1 aromatic heterocycles. The number of likely N-dealkylation sites (tertiary alicyclic amines) is 1. The Bertz CT molecular complexity index is 661. The Morgan fingerprint density at radius 2 is 1.96 bits per heavy atom. The Balaban J connectivity index is 1.60. The van der Waals surface area contributed by atoms with Crippen molar-refractivity contribution in [2.75, 3.05) is 18.4 Å².